The number of urea groups is 1. The summed E-state index contributed by atoms with van der Waals surface area (Å²) in [6, 6.07) is 6.69. The Morgan fingerprint density at radius 2 is 2.06 bits per heavy atom. The third-order valence-corrected chi connectivity index (χ3v) is 6.56. The fraction of sp³-hybridized carbons (Fsp3) is 0.524. The van der Waals surface area contributed by atoms with E-state index in [4.69, 9.17) is 11.6 Å². The van der Waals surface area contributed by atoms with Crippen LogP contribution in [0.1, 0.15) is 31.4 Å². The molecule has 2 fully saturated rings. The molecule has 168 valence electrons. The first-order valence-corrected chi connectivity index (χ1v) is 10.6. The Balaban J connectivity index is 1.35. The highest BCUT2D eigenvalue weighted by Gasteiger charge is 2.69. The molecule has 2 heterocycles. The van der Waals surface area contributed by atoms with E-state index in [9.17, 15) is 22.8 Å². The van der Waals surface area contributed by atoms with Crippen molar-refractivity contribution >= 4 is 34.4 Å². The molecule has 6 nitrogen and oxygen atoms in total. The molecule has 1 aliphatic carbocycles. The number of likely N-dealkylation sites (tertiary alicyclic amines) is 1. The van der Waals surface area contributed by atoms with Gasteiger partial charge in [0.25, 0.3) is 0 Å². The molecule has 1 unspecified atom stereocenters. The largest absolute Gasteiger partial charge is 0.403 e. The standard InChI is InChI=1S/C21H24ClF3N4O2/c1-28(19(31)26-11-15-10-13-9-14(22)4-5-17(13)27-15)16-3-2-8-29(12-16)18(30)20(6-7-20)21(23,24)25/h4-5,9-10,16,27H,2-3,6-8,11-12H2,1H3,(H,26,31). The van der Waals surface area contributed by atoms with Crippen LogP contribution in [0.5, 0.6) is 0 Å². The van der Waals surface area contributed by atoms with Gasteiger partial charge in [-0.15, -0.1) is 0 Å². The van der Waals surface area contributed by atoms with Gasteiger partial charge in [0.2, 0.25) is 5.91 Å². The number of alkyl halides is 3. The number of piperidine rings is 1. The number of benzene rings is 1. The first kappa shape index (κ1) is 21.8. The van der Waals surface area contributed by atoms with Crippen molar-refractivity contribution in [3.63, 3.8) is 0 Å². The van der Waals surface area contributed by atoms with Crippen LogP contribution in [0, 0.1) is 5.41 Å². The van der Waals surface area contributed by atoms with Crippen molar-refractivity contribution in [1.29, 1.82) is 0 Å². The fourth-order valence-electron chi connectivity index (χ4n) is 4.22. The van der Waals surface area contributed by atoms with E-state index in [2.05, 4.69) is 10.3 Å². The molecule has 31 heavy (non-hydrogen) atoms. The highest BCUT2D eigenvalue weighted by atomic mass is 35.5. The summed E-state index contributed by atoms with van der Waals surface area (Å²) >= 11 is 5.99. The lowest BCUT2D eigenvalue weighted by atomic mass is 9.99. The van der Waals surface area contributed by atoms with Crippen LogP contribution in [0.4, 0.5) is 18.0 Å². The molecule has 1 saturated heterocycles. The number of aromatic amines is 1. The van der Waals surface area contributed by atoms with Gasteiger partial charge in [-0.05, 0) is 49.9 Å². The van der Waals surface area contributed by atoms with E-state index in [1.54, 1.807) is 13.1 Å². The zero-order valence-corrected chi connectivity index (χ0v) is 17.8. The van der Waals surface area contributed by atoms with E-state index in [0.29, 0.717) is 24.4 Å². The number of likely N-dealkylation sites (N-methyl/N-ethyl adjacent to an activating group) is 1. The number of nitrogens with zero attached hydrogens (tertiary/aromatic N) is 2. The van der Waals surface area contributed by atoms with Crippen LogP contribution in [-0.4, -0.2) is 59.1 Å². The molecular weight excluding hydrogens is 433 g/mol. The Kier molecular flexibility index (Phi) is 5.57. The van der Waals surface area contributed by atoms with Gasteiger partial charge >= 0.3 is 12.2 Å². The van der Waals surface area contributed by atoms with Crippen LogP contribution < -0.4 is 5.32 Å². The van der Waals surface area contributed by atoms with Crippen molar-refractivity contribution in [3.8, 4) is 0 Å². The van der Waals surface area contributed by atoms with Crippen LogP contribution in [0.15, 0.2) is 24.3 Å². The van der Waals surface area contributed by atoms with Gasteiger partial charge in [0.15, 0.2) is 0 Å². The SMILES string of the molecule is CN(C(=O)NCc1cc2cc(Cl)ccc2[nH]1)C1CCCN(C(=O)C2(C(F)(F)F)CC2)C1. The van der Waals surface area contributed by atoms with Crippen molar-refractivity contribution in [2.24, 2.45) is 5.41 Å². The second-order valence-corrected chi connectivity index (χ2v) is 8.86. The third kappa shape index (κ3) is 4.20. The minimum atomic E-state index is -4.52. The summed E-state index contributed by atoms with van der Waals surface area (Å²) in [5.41, 5.74) is -0.503. The maximum Gasteiger partial charge on any atom is 0.403 e. The van der Waals surface area contributed by atoms with E-state index >= 15 is 0 Å². The molecule has 1 saturated carbocycles. The number of aromatic nitrogens is 1. The van der Waals surface area contributed by atoms with Gasteiger partial charge in [0.1, 0.15) is 5.41 Å². The van der Waals surface area contributed by atoms with E-state index in [-0.39, 0.29) is 38.0 Å². The van der Waals surface area contributed by atoms with E-state index in [1.165, 1.54) is 9.80 Å². The number of halogens is 4. The summed E-state index contributed by atoms with van der Waals surface area (Å²) in [6.07, 6.45) is -3.63. The lowest BCUT2D eigenvalue weighted by molar-refractivity contribution is -0.199. The lowest BCUT2D eigenvalue weighted by Crippen LogP contribution is -2.55. The Morgan fingerprint density at radius 1 is 1.32 bits per heavy atom. The molecule has 3 amide bonds. The number of hydrogen-bond donors (Lipinski definition) is 2. The first-order valence-electron chi connectivity index (χ1n) is 10.2. The van der Waals surface area contributed by atoms with Crippen molar-refractivity contribution in [2.45, 2.75) is 44.4 Å². The molecule has 0 radical (unpaired) electrons. The van der Waals surface area contributed by atoms with Gasteiger partial charge in [0, 0.05) is 41.8 Å². The van der Waals surface area contributed by atoms with Gasteiger partial charge in [-0.25, -0.2) is 4.79 Å². The van der Waals surface area contributed by atoms with Gasteiger partial charge in [-0.1, -0.05) is 11.6 Å². The zero-order chi connectivity index (χ0) is 22.4. The Bertz CT molecular complexity index is 1000. The summed E-state index contributed by atoms with van der Waals surface area (Å²) in [6.45, 7) is 0.674. The molecule has 1 aromatic heterocycles. The molecular formula is C21H24ClF3N4O2. The lowest BCUT2D eigenvalue weighted by Gasteiger charge is -2.39. The summed E-state index contributed by atoms with van der Waals surface area (Å²) in [5.74, 6) is -0.852. The van der Waals surface area contributed by atoms with Gasteiger partial charge in [0.05, 0.1) is 12.6 Å². The number of H-pyrrole nitrogens is 1. The molecule has 1 aliphatic heterocycles. The first-order chi connectivity index (χ1) is 14.6. The maximum atomic E-state index is 13.3. The minimum Gasteiger partial charge on any atom is -0.357 e. The smallest absolute Gasteiger partial charge is 0.357 e. The number of amides is 3. The Morgan fingerprint density at radius 3 is 2.74 bits per heavy atom. The van der Waals surface area contributed by atoms with E-state index < -0.39 is 17.5 Å². The van der Waals surface area contributed by atoms with Crippen LogP contribution in [0.3, 0.4) is 0 Å². The third-order valence-electron chi connectivity index (χ3n) is 6.32. The van der Waals surface area contributed by atoms with Crippen molar-refractivity contribution in [2.75, 3.05) is 20.1 Å². The van der Waals surface area contributed by atoms with Crippen LogP contribution in [-0.2, 0) is 11.3 Å². The monoisotopic (exact) mass is 456 g/mol. The van der Waals surface area contributed by atoms with Crippen molar-refractivity contribution < 1.29 is 22.8 Å². The number of nitrogens with one attached hydrogen (secondary N) is 2. The van der Waals surface area contributed by atoms with Gasteiger partial charge < -0.3 is 20.1 Å². The van der Waals surface area contributed by atoms with Crippen molar-refractivity contribution in [1.82, 2.24) is 20.1 Å². The summed E-state index contributed by atoms with van der Waals surface area (Å²) in [7, 11) is 1.61. The molecule has 1 aromatic carbocycles. The van der Waals surface area contributed by atoms with E-state index in [1.807, 2.05) is 18.2 Å². The number of carbonyl (C=O) groups is 2. The fourth-order valence-corrected chi connectivity index (χ4v) is 4.40. The summed E-state index contributed by atoms with van der Waals surface area (Å²) < 4.78 is 39.9. The summed E-state index contributed by atoms with van der Waals surface area (Å²) in [4.78, 5) is 31.1. The minimum absolute atomic E-state index is 0.117. The Labute approximate surface area is 182 Å². The van der Waals surface area contributed by atoms with Crippen LogP contribution in [0.25, 0.3) is 10.9 Å². The predicted octanol–water partition coefficient (Wildman–Crippen LogP) is 4.30. The van der Waals surface area contributed by atoms with Gasteiger partial charge in [-0.3, -0.25) is 4.79 Å². The molecule has 2 N–H and O–H groups in total. The van der Waals surface area contributed by atoms with Crippen molar-refractivity contribution in [3.05, 3.63) is 35.0 Å². The predicted molar refractivity (Wildman–Crippen MR) is 111 cm³/mol. The normalized spacial score (nSPS) is 20.5. The van der Waals surface area contributed by atoms with Crippen LogP contribution >= 0.6 is 11.6 Å². The molecule has 10 heteroatoms. The van der Waals surface area contributed by atoms with E-state index in [0.717, 1.165) is 16.6 Å². The average Bonchev–Trinajstić information content (AvgIpc) is 3.46. The highest BCUT2D eigenvalue weighted by molar-refractivity contribution is 6.31. The molecule has 0 bridgehead atoms. The highest BCUT2D eigenvalue weighted by Crippen LogP contribution is 2.58. The summed E-state index contributed by atoms with van der Waals surface area (Å²) in [5, 5.41) is 4.38. The number of hydrogen-bond acceptors (Lipinski definition) is 2. The molecule has 1 atom stereocenters. The van der Waals surface area contributed by atoms with Gasteiger partial charge in [-0.2, -0.15) is 13.2 Å². The maximum absolute atomic E-state index is 13.3. The number of rotatable bonds is 4. The second kappa shape index (κ2) is 7.93. The molecule has 0 spiro atoms. The quantitative estimate of drug-likeness (QED) is 0.720. The zero-order valence-electron chi connectivity index (χ0n) is 17.1. The molecule has 4 rings (SSSR count). The number of carbonyl (C=O) groups excluding carboxylic acids is 2. The molecule has 2 aliphatic rings. The average molecular weight is 457 g/mol. The molecule has 2 aromatic rings. The van der Waals surface area contributed by atoms with Crippen LogP contribution in [0.2, 0.25) is 5.02 Å². The number of fused-ring (bicyclic) bond motifs is 1. The topological polar surface area (TPSA) is 68.4 Å². The second-order valence-electron chi connectivity index (χ2n) is 8.42. The Hall–Kier alpha value is -2.42.